The summed E-state index contributed by atoms with van der Waals surface area (Å²) in [6, 6.07) is 17.2. The number of nitrogens with one attached hydrogen (secondary N) is 2. The van der Waals surface area contributed by atoms with Gasteiger partial charge in [0.2, 0.25) is 11.8 Å². The molecule has 2 aromatic rings. The molecule has 4 heteroatoms. The second-order valence-electron chi connectivity index (χ2n) is 7.22. The highest BCUT2D eigenvalue weighted by Gasteiger charge is 2.19. The summed E-state index contributed by atoms with van der Waals surface area (Å²) >= 11 is 0. The van der Waals surface area contributed by atoms with Crippen LogP contribution in [0.5, 0.6) is 0 Å². The van der Waals surface area contributed by atoms with Crippen molar-refractivity contribution in [2.75, 3.05) is 5.32 Å². The molecule has 2 N–H and O–H groups in total. The number of amides is 2. The van der Waals surface area contributed by atoms with E-state index in [1.807, 2.05) is 61.5 Å². The standard InChI is InChI=1S/C21H26N2O2/c1-15(16-10-6-5-7-11-16)22-19(24)14-20(25)23-18-13-9-8-12-17(18)21(2,3)4/h5-13,15H,14H2,1-4H3,(H,22,24)(H,23,25). The van der Waals surface area contributed by atoms with Gasteiger partial charge in [0.15, 0.2) is 0 Å². The van der Waals surface area contributed by atoms with Crippen LogP contribution in [0.4, 0.5) is 5.69 Å². The van der Waals surface area contributed by atoms with E-state index < -0.39 is 0 Å². The minimum absolute atomic E-state index is 0.0893. The van der Waals surface area contributed by atoms with E-state index in [1.54, 1.807) is 0 Å². The number of carbonyl (C=O) groups excluding carboxylic acids is 2. The Bertz CT molecular complexity index is 733. The van der Waals surface area contributed by atoms with Crippen LogP contribution in [0, 0.1) is 0 Å². The van der Waals surface area contributed by atoms with E-state index in [0.29, 0.717) is 0 Å². The Kier molecular flexibility index (Phi) is 5.97. The first-order valence-corrected chi connectivity index (χ1v) is 8.51. The van der Waals surface area contributed by atoms with E-state index in [2.05, 4.69) is 31.4 Å². The van der Waals surface area contributed by atoms with Gasteiger partial charge in [0.25, 0.3) is 0 Å². The summed E-state index contributed by atoms with van der Waals surface area (Å²) in [6.45, 7) is 8.17. The Balaban J connectivity index is 1.96. The minimum Gasteiger partial charge on any atom is -0.349 e. The van der Waals surface area contributed by atoms with Crippen molar-refractivity contribution in [3.63, 3.8) is 0 Å². The number of carbonyl (C=O) groups is 2. The molecule has 0 fully saturated rings. The molecule has 132 valence electrons. The zero-order chi connectivity index (χ0) is 18.4. The maximum Gasteiger partial charge on any atom is 0.233 e. The fourth-order valence-corrected chi connectivity index (χ4v) is 2.70. The van der Waals surface area contributed by atoms with Crippen molar-refractivity contribution < 1.29 is 9.59 Å². The number of hydrogen-bond acceptors (Lipinski definition) is 2. The fraction of sp³-hybridized carbons (Fsp3) is 0.333. The zero-order valence-corrected chi connectivity index (χ0v) is 15.3. The molecular formula is C21H26N2O2. The second-order valence-corrected chi connectivity index (χ2v) is 7.22. The van der Waals surface area contributed by atoms with E-state index >= 15 is 0 Å². The molecule has 0 bridgehead atoms. The topological polar surface area (TPSA) is 58.2 Å². The predicted octanol–water partition coefficient (Wildman–Crippen LogP) is 4.19. The van der Waals surface area contributed by atoms with Gasteiger partial charge < -0.3 is 10.6 Å². The van der Waals surface area contributed by atoms with Gasteiger partial charge in [0, 0.05) is 5.69 Å². The number of anilines is 1. The van der Waals surface area contributed by atoms with Crippen molar-refractivity contribution >= 4 is 17.5 Å². The van der Waals surface area contributed by atoms with Crippen LogP contribution in [-0.2, 0) is 15.0 Å². The molecule has 0 aliphatic carbocycles. The SMILES string of the molecule is CC(NC(=O)CC(=O)Nc1ccccc1C(C)(C)C)c1ccccc1. The first kappa shape index (κ1) is 18.7. The monoisotopic (exact) mass is 338 g/mol. The first-order chi connectivity index (χ1) is 11.8. The Morgan fingerprint density at radius 2 is 1.52 bits per heavy atom. The van der Waals surface area contributed by atoms with Gasteiger partial charge in [-0.15, -0.1) is 0 Å². The molecule has 1 unspecified atom stereocenters. The lowest BCUT2D eigenvalue weighted by Crippen LogP contribution is -2.30. The summed E-state index contributed by atoms with van der Waals surface area (Å²) in [5.41, 5.74) is 2.72. The van der Waals surface area contributed by atoms with E-state index in [-0.39, 0.29) is 29.7 Å². The Labute approximate surface area is 149 Å². The molecule has 1 atom stereocenters. The van der Waals surface area contributed by atoms with Gasteiger partial charge >= 0.3 is 0 Å². The second kappa shape index (κ2) is 7.97. The molecule has 4 nitrogen and oxygen atoms in total. The smallest absolute Gasteiger partial charge is 0.233 e. The molecule has 25 heavy (non-hydrogen) atoms. The largest absolute Gasteiger partial charge is 0.349 e. The van der Waals surface area contributed by atoms with Gasteiger partial charge in [0.1, 0.15) is 6.42 Å². The van der Waals surface area contributed by atoms with Crippen molar-refractivity contribution in [2.24, 2.45) is 0 Å². The number of benzene rings is 2. The normalized spacial score (nSPS) is 12.3. The molecular weight excluding hydrogens is 312 g/mol. The molecule has 2 aromatic carbocycles. The van der Waals surface area contributed by atoms with Crippen LogP contribution in [0.3, 0.4) is 0 Å². The summed E-state index contributed by atoms with van der Waals surface area (Å²) in [7, 11) is 0. The number of rotatable bonds is 5. The van der Waals surface area contributed by atoms with Crippen molar-refractivity contribution in [1.82, 2.24) is 5.32 Å². The molecule has 0 radical (unpaired) electrons. The summed E-state index contributed by atoms with van der Waals surface area (Å²) in [5.74, 6) is -0.600. The number of para-hydroxylation sites is 1. The van der Waals surface area contributed by atoms with Crippen molar-refractivity contribution in [3.05, 3.63) is 65.7 Å². The van der Waals surface area contributed by atoms with Crippen molar-refractivity contribution in [3.8, 4) is 0 Å². The summed E-state index contributed by atoms with van der Waals surface area (Å²) in [4.78, 5) is 24.4. The van der Waals surface area contributed by atoms with E-state index in [4.69, 9.17) is 0 Å². The molecule has 0 heterocycles. The predicted molar refractivity (Wildman–Crippen MR) is 101 cm³/mol. The highest BCUT2D eigenvalue weighted by Crippen LogP contribution is 2.29. The van der Waals surface area contributed by atoms with Gasteiger partial charge in [0.05, 0.1) is 6.04 Å². The first-order valence-electron chi connectivity index (χ1n) is 8.51. The lowest BCUT2D eigenvalue weighted by Gasteiger charge is -2.23. The Hall–Kier alpha value is -2.62. The molecule has 2 amide bonds. The minimum atomic E-state index is -0.311. The zero-order valence-electron chi connectivity index (χ0n) is 15.3. The highest BCUT2D eigenvalue weighted by molar-refractivity contribution is 6.04. The van der Waals surface area contributed by atoms with Crippen LogP contribution in [0.1, 0.15) is 51.3 Å². The fourth-order valence-electron chi connectivity index (χ4n) is 2.70. The van der Waals surface area contributed by atoms with Crippen LogP contribution >= 0.6 is 0 Å². The molecule has 0 aliphatic rings. The highest BCUT2D eigenvalue weighted by atomic mass is 16.2. The van der Waals surface area contributed by atoms with Crippen LogP contribution in [0.2, 0.25) is 0 Å². The Morgan fingerprint density at radius 3 is 2.16 bits per heavy atom. The van der Waals surface area contributed by atoms with Gasteiger partial charge in [-0.2, -0.15) is 0 Å². The Morgan fingerprint density at radius 1 is 0.920 bits per heavy atom. The molecule has 0 spiro atoms. The van der Waals surface area contributed by atoms with Crippen molar-refractivity contribution in [1.29, 1.82) is 0 Å². The molecule has 0 aromatic heterocycles. The lowest BCUT2D eigenvalue weighted by atomic mass is 9.86. The molecule has 0 saturated carbocycles. The van der Waals surface area contributed by atoms with E-state index in [9.17, 15) is 9.59 Å². The quantitative estimate of drug-likeness (QED) is 0.803. The summed E-state index contributed by atoms with van der Waals surface area (Å²) < 4.78 is 0. The third kappa shape index (κ3) is 5.45. The molecule has 0 aliphatic heterocycles. The average molecular weight is 338 g/mol. The van der Waals surface area contributed by atoms with Gasteiger partial charge in [-0.25, -0.2) is 0 Å². The maximum atomic E-state index is 12.2. The molecule has 0 saturated heterocycles. The average Bonchev–Trinajstić information content (AvgIpc) is 2.54. The van der Waals surface area contributed by atoms with Crippen molar-refractivity contribution in [2.45, 2.75) is 45.6 Å². The van der Waals surface area contributed by atoms with Crippen LogP contribution in [0.25, 0.3) is 0 Å². The maximum absolute atomic E-state index is 12.2. The van der Waals surface area contributed by atoms with Gasteiger partial charge in [-0.1, -0.05) is 69.3 Å². The summed E-state index contributed by atoms with van der Waals surface area (Å²) in [5, 5.41) is 5.72. The van der Waals surface area contributed by atoms with Gasteiger partial charge in [-0.05, 0) is 29.5 Å². The number of hydrogen-bond donors (Lipinski definition) is 2. The summed E-state index contributed by atoms with van der Waals surface area (Å²) in [6.07, 6.45) is -0.199. The van der Waals surface area contributed by atoms with Gasteiger partial charge in [-0.3, -0.25) is 9.59 Å². The van der Waals surface area contributed by atoms with E-state index in [1.165, 1.54) is 0 Å². The van der Waals surface area contributed by atoms with Crippen LogP contribution in [0.15, 0.2) is 54.6 Å². The molecule has 2 rings (SSSR count). The van der Waals surface area contributed by atoms with Crippen LogP contribution < -0.4 is 10.6 Å². The lowest BCUT2D eigenvalue weighted by molar-refractivity contribution is -0.127. The van der Waals surface area contributed by atoms with Crippen LogP contribution in [-0.4, -0.2) is 11.8 Å². The third-order valence-corrected chi connectivity index (χ3v) is 4.01. The van der Waals surface area contributed by atoms with E-state index in [0.717, 1.165) is 16.8 Å². The third-order valence-electron chi connectivity index (χ3n) is 4.01.